The molecule has 7 aromatic carbocycles. The summed E-state index contributed by atoms with van der Waals surface area (Å²) < 4.78 is 2.23. The van der Waals surface area contributed by atoms with Crippen LogP contribution in [0.3, 0.4) is 0 Å². The fourth-order valence-electron chi connectivity index (χ4n) is 7.42. The van der Waals surface area contributed by atoms with Crippen LogP contribution < -0.4 is 4.90 Å². The van der Waals surface area contributed by atoms with Crippen LogP contribution in [0.4, 0.5) is 22.7 Å². The van der Waals surface area contributed by atoms with Crippen LogP contribution in [-0.4, -0.2) is 14.5 Å². The Balaban J connectivity index is 1.21. The first-order valence-corrected chi connectivity index (χ1v) is 18.0. The van der Waals surface area contributed by atoms with Crippen LogP contribution in [-0.2, 0) is 0 Å². The zero-order valence-corrected chi connectivity index (χ0v) is 29.9. The second kappa shape index (κ2) is 14.0. The second-order valence-electron chi connectivity index (χ2n) is 13.3. The number of rotatable bonds is 7. The summed E-state index contributed by atoms with van der Waals surface area (Å²) in [4.78, 5) is 16.0. The topological polar surface area (TPSA) is 62.1 Å². The maximum absolute atomic E-state index is 10.7. The molecule has 0 saturated carbocycles. The summed E-state index contributed by atoms with van der Waals surface area (Å²) in [6.45, 7) is 9.85. The molecular formula is C49H32N6. The number of para-hydroxylation sites is 4. The van der Waals surface area contributed by atoms with E-state index in [0.29, 0.717) is 39.6 Å². The molecule has 0 spiro atoms. The number of aryl methyl sites for hydroxylation is 1. The molecule has 0 fully saturated rings. The van der Waals surface area contributed by atoms with Crippen molar-refractivity contribution in [2.45, 2.75) is 6.92 Å². The Hall–Kier alpha value is -7.80. The molecule has 9 aromatic rings. The molecule has 55 heavy (non-hydrogen) atoms. The number of nitriles is 1. The molecule has 258 valence electrons. The lowest BCUT2D eigenvalue weighted by molar-refractivity contribution is 1.16. The average Bonchev–Trinajstić information content (AvgIpc) is 3.58. The van der Waals surface area contributed by atoms with Gasteiger partial charge in [-0.25, -0.2) is 14.8 Å². The average molecular weight is 705 g/mol. The summed E-state index contributed by atoms with van der Waals surface area (Å²) in [7, 11) is 0. The van der Waals surface area contributed by atoms with Gasteiger partial charge in [0, 0.05) is 50.2 Å². The van der Waals surface area contributed by atoms with Gasteiger partial charge < -0.3 is 9.47 Å². The van der Waals surface area contributed by atoms with E-state index < -0.39 is 0 Å². The van der Waals surface area contributed by atoms with Crippen molar-refractivity contribution < 1.29 is 0 Å². The molecule has 2 aromatic heterocycles. The SMILES string of the molecule is [C-]#[N+]c1ccccc1-c1cc(-c2ccc(-n3c4ccccc4c4cc(N(c5ccccc5)c5ccccc5)ccc43)cc2C#N)nc(-c2ccccc2C)n1. The molecule has 6 nitrogen and oxygen atoms in total. The summed E-state index contributed by atoms with van der Waals surface area (Å²) in [6, 6.07) is 61.6. The Morgan fingerprint density at radius 2 is 1.18 bits per heavy atom. The minimum Gasteiger partial charge on any atom is -0.310 e. The maximum Gasteiger partial charge on any atom is 0.196 e. The van der Waals surface area contributed by atoms with E-state index >= 15 is 0 Å². The standard InChI is InChI=1S/C49H32N6/c1-33-15-9-10-20-39(33)49-52-45(31-46(53-49)42-22-11-13-23-44(42)51-2)40-27-25-37(29-34(40)32-50)55-47-24-14-12-21-41(47)43-30-38(26-28-48(43)55)54(35-16-5-3-6-17-35)36-18-7-4-8-19-36/h3-31H,1H3. The van der Waals surface area contributed by atoms with Gasteiger partial charge in [0.15, 0.2) is 11.5 Å². The largest absolute Gasteiger partial charge is 0.310 e. The number of fused-ring (bicyclic) bond motifs is 3. The van der Waals surface area contributed by atoms with Gasteiger partial charge in [0.2, 0.25) is 0 Å². The van der Waals surface area contributed by atoms with E-state index in [4.69, 9.17) is 16.5 Å². The Bertz CT molecular complexity index is 2930. The highest BCUT2D eigenvalue weighted by molar-refractivity contribution is 6.10. The van der Waals surface area contributed by atoms with E-state index in [1.807, 2.05) is 79.7 Å². The monoisotopic (exact) mass is 704 g/mol. The highest BCUT2D eigenvalue weighted by atomic mass is 15.1. The van der Waals surface area contributed by atoms with E-state index in [9.17, 15) is 5.26 Å². The van der Waals surface area contributed by atoms with E-state index in [1.54, 1.807) is 6.07 Å². The van der Waals surface area contributed by atoms with Crippen molar-refractivity contribution in [3.63, 3.8) is 0 Å². The molecule has 0 aliphatic rings. The van der Waals surface area contributed by atoms with Crippen molar-refractivity contribution in [1.29, 1.82) is 5.26 Å². The number of aromatic nitrogens is 3. The van der Waals surface area contributed by atoms with Gasteiger partial charge in [-0.05, 0) is 85.3 Å². The molecule has 0 aliphatic carbocycles. The van der Waals surface area contributed by atoms with Gasteiger partial charge in [-0.1, -0.05) is 103 Å². The maximum atomic E-state index is 10.7. The number of nitrogens with zero attached hydrogens (tertiary/aromatic N) is 6. The number of benzene rings is 7. The predicted octanol–water partition coefficient (Wildman–Crippen LogP) is 12.8. The minimum absolute atomic E-state index is 0.484. The second-order valence-corrected chi connectivity index (χ2v) is 13.3. The first-order valence-electron chi connectivity index (χ1n) is 18.0. The fraction of sp³-hybridized carbons (Fsp3) is 0.0204. The van der Waals surface area contributed by atoms with Crippen LogP contribution >= 0.6 is 0 Å². The van der Waals surface area contributed by atoms with Crippen LogP contribution in [0.1, 0.15) is 11.1 Å². The Morgan fingerprint density at radius 3 is 1.89 bits per heavy atom. The van der Waals surface area contributed by atoms with Crippen molar-refractivity contribution in [1.82, 2.24) is 14.5 Å². The van der Waals surface area contributed by atoms with Gasteiger partial charge in [0.05, 0.1) is 40.6 Å². The smallest absolute Gasteiger partial charge is 0.196 e. The molecular weight excluding hydrogens is 673 g/mol. The molecule has 0 aliphatic heterocycles. The van der Waals surface area contributed by atoms with E-state index in [-0.39, 0.29) is 0 Å². The number of hydrogen-bond acceptors (Lipinski definition) is 4. The van der Waals surface area contributed by atoms with Gasteiger partial charge in [-0.2, -0.15) is 5.26 Å². The summed E-state index contributed by atoms with van der Waals surface area (Å²) in [5.74, 6) is 0.539. The van der Waals surface area contributed by atoms with E-state index in [1.165, 1.54) is 0 Å². The summed E-state index contributed by atoms with van der Waals surface area (Å²) in [5.41, 5.74) is 11.7. The molecule has 0 bridgehead atoms. The van der Waals surface area contributed by atoms with Crippen molar-refractivity contribution in [3.05, 3.63) is 198 Å². The molecule has 0 N–H and O–H groups in total. The fourth-order valence-corrected chi connectivity index (χ4v) is 7.42. The predicted molar refractivity (Wildman–Crippen MR) is 223 cm³/mol. The summed E-state index contributed by atoms with van der Waals surface area (Å²) >= 11 is 0. The van der Waals surface area contributed by atoms with Gasteiger partial charge in [0.25, 0.3) is 0 Å². The lowest BCUT2D eigenvalue weighted by Crippen LogP contribution is -2.09. The third-order valence-corrected chi connectivity index (χ3v) is 10.0. The Labute approximate surface area is 319 Å². The molecule has 0 radical (unpaired) electrons. The lowest BCUT2D eigenvalue weighted by Gasteiger charge is -2.25. The third kappa shape index (κ3) is 5.95. The first-order chi connectivity index (χ1) is 27.1. The zero-order chi connectivity index (χ0) is 37.3. The molecule has 0 saturated heterocycles. The lowest BCUT2D eigenvalue weighted by atomic mass is 10.0. The molecule has 0 unspecified atom stereocenters. The summed E-state index contributed by atoms with van der Waals surface area (Å²) in [6.07, 6.45) is 0. The van der Waals surface area contributed by atoms with Gasteiger partial charge >= 0.3 is 0 Å². The molecule has 0 amide bonds. The Morgan fingerprint density at radius 1 is 0.564 bits per heavy atom. The van der Waals surface area contributed by atoms with E-state index in [0.717, 1.165) is 55.7 Å². The molecule has 0 atom stereocenters. The molecule has 2 heterocycles. The van der Waals surface area contributed by atoms with Crippen molar-refractivity contribution in [3.8, 4) is 45.7 Å². The molecule has 9 rings (SSSR count). The van der Waals surface area contributed by atoms with Crippen molar-refractivity contribution in [2.24, 2.45) is 0 Å². The van der Waals surface area contributed by atoms with Crippen LogP contribution in [0.2, 0.25) is 0 Å². The Kier molecular flexibility index (Phi) is 8.40. The quantitative estimate of drug-likeness (QED) is 0.155. The normalized spacial score (nSPS) is 11.0. The minimum atomic E-state index is 0.484. The highest BCUT2D eigenvalue weighted by Crippen LogP contribution is 2.40. The van der Waals surface area contributed by atoms with Crippen molar-refractivity contribution >= 4 is 44.6 Å². The molecule has 6 heteroatoms. The van der Waals surface area contributed by atoms with E-state index in [2.05, 4.69) is 117 Å². The van der Waals surface area contributed by atoms with Gasteiger partial charge in [-0.15, -0.1) is 0 Å². The highest BCUT2D eigenvalue weighted by Gasteiger charge is 2.20. The van der Waals surface area contributed by atoms with Crippen LogP contribution in [0.5, 0.6) is 0 Å². The zero-order valence-electron chi connectivity index (χ0n) is 29.9. The van der Waals surface area contributed by atoms with Gasteiger partial charge in [-0.3, -0.25) is 0 Å². The first kappa shape index (κ1) is 33.1. The number of hydrogen-bond donors (Lipinski definition) is 0. The van der Waals surface area contributed by atoms with Crippen LogP contribution in [0, 0.1) is 24.8 Å². The van der Waals surface area contributed by atoms with Gasteiger partial charge in [0.1, 0.15) is 0 Å². The van der Waals surface area contributed by atoms with Crippen LogP contribution in [0.15, 0.2) is 176 Å². The van der Waals surface area contributed by atoms with Crippen molar-refractivity contribution in [2.75, 3.05) is 4.90 Å². The third-order valence-electron chi connectivity index (χ3n) is 10.0. The van der Waals surface area contributed by atoms with Crippen LogP contribution in [0.25, 0.3) is 66.2 Å². The summed E-state index contributed by atoms with van der Waals surface area (Å²) in [5, 5.41) is 12.9. The number of anilines is 3.